The fraction of sp³-hybridized carbons (Fsp3) is 0.650. The van der Waals surface area contributed by atoms with Crippen LogP contribution in [0.25, 0.3) is 0 Å². The molecule has 0 heterocycles. The van der Waals surface area contributed by atoms with Gasteiger partial charge in [0.2, 0.25) is 0 Å². The third-order valence-electron chi connectivity index (χ3n) is 5.55. The average molecular weight is 316 g/mol. The van der Waals surface area contributed by atoms with Crippen LogP contribution in [0.3, 0.4) is 0 Å². The molecule has 0 amide bonds. The largest absolute Gasteiger partial charge is 0.289 e. The smallest absolute Gasteiger partial charge is 0.184 e. The Balaban J connectivity index is 1.86. The number of carbonyl (C=O) groups excluding carboxylic acids is 1. The van der Waals surface area contributed by atoms with Crippen LogP contribution in [0, 0.1) is 6.92 Å². The lowest BCUT2D eigenvalue weighted by Gasteiger charge is -2.37. The first-order chi connectivity index (χ1) is 10.8. The molecule has 0 spiro atoms. The van der Waals surface area contributed by atoms with Crippen molar-refractivity contribution in [2.24, 2.45) is 0 Å². The molecule has 0 aromatic heterocycles. The number of carbonyl (C=O) groups is 1. The predicted molar refractivity (Wildman–Crippen MR) is 96.2 cm³/mol. The molecule has 1 aromatic rings. The van der Waals surface area contributed by atoms with Gasteiger partial charge in [-0.3, -0.25) is 4.79 Å². The first-order valence-corrected chi connectivity index (χ1v) is 10.6. The van der Waals surface area contributed by atoms with Gasteiger partial charge in [0.1, 0.15) is 0 Å². The van der Waals surface area contributed by atoms with Crippen molar-refractivity contribution in [2.75, 3.05) is 0 Å². The van der Waals surface area contributed by atoms with Crippen LogP contribution < -0.4 is 0 Å². The Morgan fingerprint density at radius 1 is 0.864 bits per heavy atom. The Morgan fingerprint density at radius 2 is 1.36 bits per heavy atom. The van der Waals surface area contributed by atoms with Gasteiger partial charge in [-0.15, -0.1) is 0 Å². The van der Waals surface area contributed by atoms with Crippen molar-refractivity contribution in [2.45, 2.75) is 82.4 Å². The van der Waals surface area contributed by atoms with Gasteiger partial charge in [0, 0.05) is 5.56 Å². The van der Waals surface area contributed by atoms with Gasteiger partial charge in [-0.25, -0.2) is 0 Å². The van der Waals surface area contributed by atoms with Gasteiger partial charge in [-0.05, 0) is 57.4 Å². The van der Waals surface area contributed by atoms with E-state index in [2.05, 4.69) is 25.1 Å². The van der Waals surface area contributed by atoms with E-state index in [-0.39, 0.29) is 0 Å². The summed E-state index contributed by atoms with van der Waals surface area (Å²) in [4.78, 5) is 13.4. The Labute approximate surface area is 136 Å². The zero-order valence-electron chi connectivity index (χ0n) is 13.9. The van der Waals surface area contributed by atoms with Crippen LogP contribution in [0.1, 0.15) is 80.1 Å². The lowest BCUT2D eigenvalue weighted by molar-refractivity contribution is 0.107. The molecular weight excluding hydrogens is 287 g/mol. The molecule has 2 aliphatic rings. The summed E-state index contributed by atoms with van der Waals surface area (Å²) < 4.78 is 0. The van der Waals surface area contributed by atoms with E-state index in [1.54, 1.807) is 0 Å². The molecule has 0 atom stereocenters. The van der Waals surface area contributed by atoms with E-state index in [1.165, 1.54) is 69.8 Å². The Morgan fingerprint density at radius 3 is 1.86 bits per heavy atom. The standard InChI is InChI=1S/C20H29OP/c1-16-10-8-9-15-19(16)20(21)22(17-11-4-2-5-12-17)18-13-6-3-7-14-18/h8-10,15,17-18H,2-7,11-14H2,1H3. The second kappa shape index (κ2) is 7.73. The molecular formula is C20H29OP. The highest BCUT2D eigenvalue weighted by atomic mass is 31.1. The van der Waals surface area contributed by atoms with Gasteiger partial charge in [0.05, 0.1) is 0 Å². The molecule has 0 unspecified atom stereocenters. The fourth-order valence-electron chi connectivity index (χ4n) is 4.30. The molecule has 1 aromatic carbocycles. The van der Waals surface area contributed by atoms with Crippen LogP contribution >= 0.6 is 7.92 Å². The minimum Gasteiger partial charge on any atom is -0.289 e. The highest BCUT2D eigenvalue weighted by molar-refractivity contribution is 7.76. The SMILES string of the molecule is Cc1ccccc1C(=O)P(C1CCCCC1)C1CCCCC1. The second-order valence-electron chi connectivity index (χ2n) is 7.11. The summed E-state index contributed by atoms with van der Waals surface area (Å²) in [5, 5.41) is 0. The van der Waals surface area contributed by atoms with Crippen molar-refractivity contribution in [1.29, 1.82) is 0 Å². The zero-order chi connectivity index (χ0) is 15.4. The maximum atomic E-state index is 13.4. The van der Waals surface area contributed by atoms with Gasteiger partial charge in [0.25, 0.3) is 0 Å². The van der Waals surface area contributed by atoms with Gasteiger partial charge < -0.3 is 0 Å². The van der Waals surface area contributed by atoms with Gasteiger partial charge in [-0.1, -0.05) is 62.8 Å². The maximum absolute atomic E-state index is 13.4. The first kappa shape index (κ1) is 16.2. The van der Waals surface area contributed by atoms with Crippen molar-refractivity contribution in [3.63, 3.8) is 0 Å². The molecule has 2 heteroatoms. The van der Waals surface area contributed by atoms with E-state index in [1.807, 2.05) is 6.07 Å². The van der Waals surface area contributed by atoms with Gasteiger partial charge >= 0.3 is 0 Å². The van der Waals surface area contributed by atoms with E-state index in [4.69, 9.17) is 0 Å². The topological polar surface area (TPSA) is 17.1 Å². The summed E-state index contributed by atoms with van der Waals surface area (Å²) in [5.74, 6) is 0. The molecule has 2 fully saturated rings. The fourth-order valence-corrected chi connectivity index (χ4v) is 7.93. The van der Waals surface area contributed by atoms with E-state index in [0.29, 0.717) is 16.8 Å². The number of rotatable bonds is 4. The predicted octanol–water partition coefficient (Wildman–Crippen LogP) is 6.28. The molecule has 0 bridgehead atoms. The third kappa shape index (κ3) is 3.62. The van der Waals surface area contributed by atoms with Crippen LogP contribution in [0.4, 0.5) is 0 Å². The second-order valence-corrected chi connectivity index (χ2v) is 9.79. The summed E-state index contributed by atoms with van der Waals surface area (Å²) >= 11 is 0. The molecule has 0 radical (unpaired) electrons. The third-order valence-corrected chi connectivity index (χ3v) is 8.86. The summed E-state index contributed by atoms with van der Waals surface area (Å²) in [6.07, 6.45) is 13.4. The van der Waals surface area contributed by atoms with Crippen LogP contribution in [0.15, 0.2) is 24.3 Å². The Bertz CT molecular complexity index is 480. The van der Waals surface area contributed by atoms with Crippen molar-refractivity contribution in [3.8, 4) is 0 Å². The molecule has 2 saturated carbocycles. The molecule has 3 rings (SSSR count). The van der Waals surface area contributed by atoms with Crippen LogP contribution in [0.5, 0.6) is 0 Å². The van der Waals surface area contributed by atoms with Crippen molar-refractivity contribution in [1.82, 2.24) is 0 Å². The summed E-state index contributed by atoms with van der Waals surface area (Å²) in [5.41, 5.74) is 4.13. The lowest BCUT2D eigenvalue weighted by Crippen LogP contribution is -2.24. The number of hydrogen-bond donors (Lipinski definition) is 0. The van der Waals surface area contributed by atoms with Crippen molar-refractivity contribution >= 4 is 13.4 Å². The van der Waals surface area contributed by atoms with Crippen LogP contribution in [-0.2, 0) is 0 Å². The minimum atomic E-state index is -0.490. The number of hydrogen-bond acceptors (Lipinski definition) is 1. The molecule has 0 aliphatic heterocycles. The molecule has 1 nitrogen and oxygen atoms in total. The highest BCUT2D eigenvalue weighted by Gasteiger charge is 2.36. The van der Waals surface area contributed by atoms with E-state index in [0.717, 1.165) is 5.56 Å². The lowest BCUT2D eigenvalue weighted by atomic mass is 9.99. The van der Waals surface area contributed by atoms with Gasteiger partial charge in [0.15, 0.2) is 5.52 Å². The maximum Gasteiger partial charge on any atom is 0.184 e. The van der Waals surface area contributed by atoms with Crippen LogP contribution in [-0.4, -0.2) is 16.8 Å². The molecule has 0 saturated heterocycles. The molecule has 22 heavy (non-hydrogen) atoms. The molecule has 2 aliphatic carbocycles. The quantitative estimate of drug-likeness (QED) is 0.597. The van der Waals surface area contributed by atoms with E-state index >= 15 is 0 Å². The number of benzene rings is 1. The summed E-state index contributed by atoms with van der Waals surface area (Å²) in [6, 6.07) is 8.26. The van der Waals surface area contributed by atoms with Crippen molar-refractivity contribution in [3.05, 3.63) is 35.4 Å². The van der Waals surface area contributed by atoms with E-state index in [9.17, 15) is 4.79 Å². The van der Waals surface area contributed by atoms with Crippen molar-refractivity contribution < 1.29 is 4.79 Å². The summed E-state index contributed by atoms with van der Waals surface area (Å²) in [6.45, 7) is 2.10. The summed E-state index contributed by atoms with van der Waals surface area (Å²) in [7, 11) is -0.490. The normalized spacial score (nSPS) is 21.2. The highest BCUT2D eigenvalue weighted by Crippen LogP contribution is 2.57. The minimum absolute atomic E-state index is 0.490. The monoisotopic (exact) mass is 316 g/mol. The average Bonchev–Trinajstić information content (AvgIpc) is 2.57. The molecule has 0 N–H and O–H groups in total. The van der Waals surface area contributed by atoms with E-state index < -0.39 is 7.92 Å². The Kier molecular flexibility index (Phi) is 5.69. The first-order valence-electron chi connectivity index (χ1n) is 9.15. The Hall–Kier alpha value is -0.680. The molecule has 120 valence electrons. The van der Waals surface area contributed by atoms with Crippen LogP contribution in [0.2, 0.25) is 0 Å². The van der Waals surface area contributed by atoms with Gasteiger partial charge in [-0.2, -0.15) is 0 Å². The number of aryl methyl sites for hydroxylation is 1. The zero-order valence-corrected chi connectivity index (χ0v) is 14.8.